The molecule has 1 aromatic heterocycles. The minimum absolute atomic E-state index is 0.953. The van der Waals surface area contributed by atoms with E-state index in [1.54, 1.807) is 0 Å². The molecule has 1 aliphatic carbocycles. The van der Waals surface area contributed by atoms with E-state index in [0.29, 0.717) is 0 Å². The zero-order valence-corrected chi connectivity index (χ0v) is 11.2. The van der Waals surface area contributed by atoms with Gasteiger partial charge in [0.05, 0.1) is 5.52 Å². The Morgan fingerprint density at radius 2 is 2.17 bits per heavy atom. The average Bonchev–Trinajstić information content (AvgIpc) is 2.86. The summed E-state index contributed by atoms with van der Waals surface area (Å²) in [6.45, 7) is 3.16. The third-order valence-corrected chi connectivity index (χ3v) is 3.96. The molecule has 0 bridgehead atoms. The van der Waals surface area contributed by atoms with Gasteiger partial charge >= 0.3 is 0 Å². The van der Waals surface area contributed by atoms with Crippen LogP contribution in [0.3, 0.4) is 0 Å². The zero-order chi connectivity index (χ0) is 12.5. The maximum Gasteiger partial charge on any atom is 0.0708 e. The maximum absolute atomic E-state index is 4.85. The molecule has 94 valence electrons. The Kier molecular flexibility index (Phi) is 3.04. The number of benzene rings is 1. The molecule has 2 aromatic rings. The van der Waals surface area contributed by atoms with Crippen molar-refractivity contribution < 1.29 is 0 Å². The van der Waals surface area contributed by atoms with E-state index in [9.17, 15) is 0 Å². The van der Waals surface area contributed by atoms with Gasteiger partial charge in [-0.3, -0.25) is 4.98 Å². The second-order valence-corrected chi connectivity index (χ2v) is 5.10. The zero-order valence-electron chi connectivity index (χ0n) is 11.2. The predicted octanol–water partition coefficient (Wildman–Crippen LogP) is 3.01. The van der Waals surface area contributed by atoms with Gasteiger partial charge in [0, 0.05) is 17.6 Å². The number of hydrogen-bond donors (Lipinski definition) is 1. The summed E-state index contributed by atoms with van der Waals surface area (Å²) in [6, 6.07) is 6.72. The maximum atomic E-state index is 4.85. The molecule has 1 heterocycles. The normalized spacial score (nSPS) is 14.1. The van der Waals surface area contributed by atoms with Crippen LogP contribution in [0.4, 0.5) is 0 Å². The summed E-state index contributed by atoms with van der Waals surface area (Å²) in [7, 11) is 2.03. The number of pyridine rings is 1. The van der Waals surface area contributed by atoms with Crippen molar-refractivity contribution >= 4 is 10.9 Å². The Morgan fingerprint density at radius 3 is 2.94 bits per heavy atom. The fraction of sp³-hybridized carbons (Fsp3) is 0.438. The lowest BCUT2D eigenvalue weighted by Gasteiger charge is -2.13. The van der Waals surface area contributed by atoms with Crippen LogP contribution >= 0.6 is 0 Å². The third-order valence-electron chi connectivity index (χ3n) is 3.96. The van der Waals surface area contributed by atoms with Crippen molar-refractivity contribution in [3.63, 3.8) is 0 Å². The standard InChI is InChI=1S/C16H20N2/c1-3-11-7-8-16-13(9-11)14(10-17-2)12-5-4-6-15(12)18-16/h7-9,17H,3-6,10H2,1-2H3. The van der Waals surface area contributed by atoms with Gasteiger partial charge in [-0.1, -0.05) is 13.0 Å². The molecule has 0 aliphatic heterocycles. The van der Waals surface area contributed by atoms with Crippen molar-refractivity contribution in [2.45, 2.75) is 39.2 Å². The van der Waals surface area contributed by atoms with E-state index in [1.165, 1.54) is 40.6 Å². The fourth-order valence-corrected chi connectivity index (χ4v) is 3.01. The number of nitrogens with one attached hydrogen (secondary N) is 1. The van der Waals surface area contributed by atoms with Gasteiger partial charge in [0.15, 0.2) is 0 Å². The van der Waals surface area contributed by atoms with Gasteiger partial charge in [0.25, 0.3) is 0 Å². The minimum atomic E-state index is 0.953. The van der Waals surface area contributed by atoms with E-state index in [-0.39, 0.29) is 0 Å². The molecule has 18 heavy (non-hydrogen) atoms. The molecule has 2 heteroatoms. The summed E-state index contributed by atoms with van der Waals surface area (Å²) in [6.07, 6.45) is 4.70. The predicted molar refractivity (Wildman–Crippen MR) is 75.9 cm³/mol. The van der Waals surface area contributed by atoms with E-state index in [0.717, 1.165) is 24.9 Å². The van der Waals surface area contributed by atoms with Gasteiger partial charge in [-0.25, -0.2) is 0 Å². The molecule has 1 N–H and O–H groups in total. The summed E-state index contributed by atoms with van der Waals surface area (Å²) in [5.74, 6) is 0. The molecule has 0 fully saturated rings. The van der Waals surface area contributed by atoms with Crippen LogP contribution in [0.25, 0.3) is 10.9 Å². The van der Waals surface area contributed by atoms with E-state index in [4.69, 9.17) is 4.98 Å². The van der Waals surface area contributed by atoms with Crippen LogP contribution in [-0.4, -0.2) is 12.0 Å². The van der Waals surface area contributed by atoms with Crippen molar-refractivity contribution in [2.24, 2.45) is 0 Å². The van der Waals surface area contributed by atoms with Gasteiger partial charge in [-0.05, 0) is 61.6 Å². The van der Waals surface area contributed by atoms with Crippen molar-refractivity contribution in [1.29, 1.82) is 0 Å². The third kappa shape index (κ3) is 1.81. The van der Waals surface area contributed by atoms with E-state index >= 15 is 0 Å². The van der Waals surface area contributed by atoms with Crippen LogP contribution in [-0.2, 0) is 25.8 Å². The molecule has 0 spiro atoms. The molecule has 0 atom stereocenters. The Morgan fingerprint density at radius 1 is 1.28 bits per heavy atom. The lowest BCUT2D eigenvalue weighted by Crippen LogP contribution is -2.09. The average molecular weight is 240 g/mol. The molecule has 1 aliphatic rings. The van der Waals surface area contributed by atoms with E-state index < -0.39 is 0 Å². The van der Waals surface area contributed by atoms with E-state index in [2.05, 4.69) is 30.4 Å². The van der Waals surface area contributed by atoms with Crippen molar-refractivity contribution in [3.8, 4) is 0 Å². The number of rotatable bonds is 3. The summed E-state index contributed by atoms with van der Waals surface area (Å²) in [5.41, 5.74) is 6.88. The first-order chi connectivity index (χ1) is 8.83. The molecular formula is C16H20N2. The molecule has 0 amide bonds. The molecule has 0 saturated heterocycles. The molecular weight excluding hydrogens is 220 g/mol. The Bertz CT molecular complexity index is 587. The van der Waals surface area contributed by atoms with Crippen LogP contribution in [0.2, 0.25) is 0 Å². The number of aromatic nitrogens is 1. The summed E-state index contributed by atoms with van der Waals surface area (Å²) < 4.78 is 0. The lowest BCUT2D eigenvalue weighted by atomic mass is 9.99. The Labute approximate surface area is 108 Å². The van der Waals surface area contributed by atoms with Crippen LogP contribution in [0, 0.1) is 0 Å². The second-order valence-electron chi connectivity index (χ2n) is 5.10. The molecule has 0 unspecified atom stereocenters. The van der Waals surface area contributed by atoms with Crippen LogP contribution in [0.5, 0.6) is 0 Å². The summed E-state index contributed by atoms with van der Waals surface area (Å²) in [4.78, 5) is 4.85. The fourth-order valence-electron chi connectivity index (χ4n) is 3.01. The molecule has 0 saturated carbocycles. The smallest absolute Gasteiger partial charge is 0.0708 e. The topological polar surface area (TPSA) is 24.9 Å². The molecule has 2 nitrogen and oxygen atoms in total. The Balaban J connectivity index is 2.28. The monoisotopic (exact) mass is 240 g/mol. The van der Waals surface area contributed by atoms with Gasteiger partial charge in [-0.2, -0.15) is 0 Å². The van der Waals surface area contributed by atoms with Crippen LogP contribution in [0.1, 0.15) is 35.7 Å². The highest BCUT2D eigenvalue weighted by Gasteiger charge is 2.18. The molecule has 1 aromatic carbocycles. The van der Waals surface area contributed by atoms with Gasteiger partial charge < -0.3 is 5.32 Å². The first-order valence-corrected chi connectivity index (χ1v) is 6.91. The van der Waals surface area contributed by atoms with Gasteiger partial charge in [0.2, 0.25) is 0 Å². The lowest BCUT2D eigenvalue weighted by molar-refractivity contribution is 0.809. The molecule has 3 rings (SSSR count). The number of fused-ring (bicyclic) bond motifs is 2. The SMILES string of the molecule is CCc1ccc2nc3c(c(CNC)c2c1)CCC3. The highest BCUT2D eigenvalue weighted by molar-refractivity contribution is 5.84. The highest BCUT2D eigenvalue weighted by Crippen LogP contribution is 2.30. The van der Waals surface area contributed by atoms with Gasteiger partial charge in [-0.15, -0.1) is 0 Å². The van der Waals surface area contributed by atoms with Crippen LogP contribution < -0.4 is 5.32 Å². The van der Waals surface area contributed by atoms with Crippen molar-refractivity contribution in [1.82, 2.24) is 10.3 Å². The quantitative estimate of drug-likeness (QED) is 0.892. The van der Waals surface area contributed by atoms with Crippen LogP contribution in [0.15, 0.2) is 18.2 Å². The highest BCUT2D eigenvalue weighted by atomic mass is 14.8. The summed E-state index contributed by atoms with van der Waals surface area (Å²) in [5, 5.41) is 4.67. The summed E-state index contributed by atoms with van der Waals surface area (Å²) >= 11 is 0. The second kappa shape index (κ2) is 4.69. The number of nitrogens with zero attached hydrogens (tertiary/aromatic N) is 1. The number of hydrogen-bond acceptors (Lipinski definition) is 2. The first-order valence-electron chi connectivity index (χ1n) is 6.91. The van der Waals surface area contributed by atoms with Crippen molar-refractivity contribution in [2.75, 3.05) is 7.05 Å². The molecule has 0 radical (unpaired) electrons. The minimum Gasteiger partial charge on any atom is -0.316 e. The van der Waals surface area contributed by atoms with E-state index in [1.807, 2.05) is 7.05 Å². The van der Waals surface area contributed by atoms with Gasteiger partial charge in [0.1, 0.15) is 0 Å². The number of aryl methyl sites for hydroxylation is 2. The van der Waals surface area contributed by atoms with Crippen molar-refractivity contribution in [3.05, 3.63) is 40.6 Å². The first kappa shape index (κ1) is 11.7. The largest absolute Gasteiger partial charge is 0.316 e. The Hall–Kier alpha value is -1.41.